The van der Waals surface area contributed by atoms with Crippen LogP contribution in [0.1, 0.15) is 31.2 Å². The summed E-state index contributed by atoms with van der Waals surface area (Å²) in [7, 11) is 1.71. The smallest absolute Gasteiger partial charge is 0.232 e. The van der Waals surface area contributed by atoms with Gasteiger partial charge in [-0.15, -0.1) is 5.10 Å². The van der Waals surface area contributed by atoms with Crippen molar-refractivity contribution >= 4 is 11.6 Å². The predicted molar refractivity (Wildman–Crippen MR) is 71.7 cm³/mol. The summed E-state index contributed by atoms with van der Waals surface area (Å²) in [6.07, 6.45) is 0.162. The monoisotopic (exact) mass is 259 g/mol. The summed E-state index contributed by atoms with van der Waals surface area (Å²) in [4.78, 5) is 11.8. The molecule has 1 amide bonds. The Hall–Kier alpha value is -2.24. The normalized spacial score (nSPS) is 10.7. The Bertz CT molecular complexity index is 559. The molecule has 0 saturated heterocycles. The maximum Gasteiger partial charge on any atom is 0.232 e. The zero-order chi connectivity index (χ0) is 13.8. The van der Waals surface area contributed by atoms with Gasteiger partial charge in [-0.1, -0.05) is 26.0 Å². The van der Waals surface area contributed by atoms with Gasteiger partial charge in [0, 0.05) is 12.7 Å². The maximum atomic E-state index is 11.8. The Morgan fingerprint density at radius 1 is 1.32 bits per heavy atom. The first-order valence-electron chi connectivity index (χ1n) is 6.17. The number of nitrogens with one attached hydrogen (secondary N) is 1. The van der Waals surface area contributed by atoms with E-state index in [2.05, 4.69) is 34.7 Å². The average molecular weight is 259 g/mol. The van der Waals surface area contributed by atoms with E-state index in [4.69, 9.17) is 0 Å². The Balaban J connectivity index is 1.97. The zero-order valence-corrected chi connectivity index (χ0v) is 11.3. The number of hydrogen-bond acceptors (Lipinski definition) is 4. The number of carbonyl (C=O) groups excluding carboxylic acids is 1. The molecule has 0 spiro atoms. The summed E-state index contributed by atoms with van der Waals surface area (Å²) >= 11 is 0. The molecular formula is C13H17N5O. The van der Waals surface area contributed by atoms with Crippen LogP contribution in [-0.2, 0) is 18.3 Å². The van der Waals surface area contributed by atoms with Gasteiger partial charge in [-0.3, -0.25) is 4.79 Å². The molecule has 0 unspecified atom stereocenters. The molecule has 0 radical (unpaired) electrons. The van der Waals surface area contributed by atoms with Crippen LogP contribution >= 0.6 is 0 Å². The Labute approximate surface area is 111 Å². The number of benzene rings is 1. The second-order valence-corrected chi connectivity index (χ2v) is 4.72. The number of amides is 1. The van der Waals surface area contributed by atoms with Gasteiger partial charge in [-0.25, -0.2) is 4.68 Å². The lowest BCUT2D eigenvalue weighted by Gasteiger charge is -2.08. The highest BCUT2D eigenvalue weighted by atomic mass is 16.1. The molecule has 0 aliphatic carbocycles. The van der Waals surface area contributed by atoms with E-state index in [1.807, 2.05) is 24.3 Å². The van der Waals surface area contributed by atoms with Gasteiger partial charge in [0.15, 0.2) is 5.82 Å². The number of anilines is 1. The molecule has 1 aromatic carbocycles. The number of aromatic nitrogens is 4. The van der Waals surface area contributed by atoms with Gasteiger partial charge < -0.3 is 5.32 Å². The predicted octanol–water partition coefficient (Wildman–Crippen LogP) is 1.51. The molecule has 1 heterocycles. The van der Waals surface area contributed by atoms with Crippen LogP contribution in [0.15, 0.2) is 24.3 Å². The quantitative estimate of drug-likeness (QED) is 0.903. The standard InChI is InChI=1S/C13H17N5O/c1-9(2)10-4-6-11(7-5-10)14-13(19)8-12-15-16-17-18(12)3/h4-7,9H,8H2,1-3H3,(H,14,19). The van der Waals surface area contributed by atoms with Crippen LogP contribution in [0.4, 0.5) is 5.69 Å². The minimum Gasteiger partial charge on any atom is -0.326 e. The molecule has 0 saturated carbocycles. The lowest BCUT2D eigenvalue weighted by molar-refractivity contribution is -0.115. The van der Waals surface area contributed by atoms with E-state index in [1.54, 1.807) is 7.05 Å². The van der Waals surface area contributed by atoms with Gasteiger partial charge in [0.25, 0.3) is 0 Å². The second-order valence-electron chi connectivity index (χ2n) is 4.72. The summed E-state index contributed by atoms with van der Waals surface area (Å²) in [6, 6.07) is 7.85. The molecule has 0 aliphatic rings. The molecule has 0 bridgehead atoms. The van der Waals surface area contributed by atoms with Gasteiger partial charge in [-0.2, -0.15) is 0 Å². The van der Waals surface area contributed by atoms with Crippen LogP contribution < -0.4 is 5.32 Å². The summed E-state index contributed by atoms with van der Waals surface area (Å²) in [6.45, 7) is 4.27. The molecule has 1 aromatic heterocycles. The third kappa shape index (κ3) is 3.37. The molecular weight excluding hydrogens is 242 g/mol. The van der Waals surface area contributed by atoms with Crippen molar-refractivity contribution in [1.29, 1.82) is 0 Å². The lowest BCUT2D eigenvalue weighted by atomic mass is 10.0. The average Bonchev–Trinajstić information content (AvgIpc) is 2.75. The van der Waals surface area contributed by atoms with Crippen LogP contribution in [-0.4, -0.2) is 26.1 Å². The van der Waals surface area contributed by atoms with Crippen molar-refractivity contribution in [2.24, 2.45) is 7.05 Å². The minimum absolute atomic E-state index is 0.129. The molecule has 6 heteroatoms. The van der Waals surface area contributed by atoms with E-state index in [0.29, 0.717) is 11.7 Å². The van der Waals surface area contributed by atoms with E-state index < -0.39 is 0 Å². The highest BCUT2D eigenvalue weighted by Gasteiger charge is 2.09. The molecule has 2 aromatic rings. The minimum atomic E-state index is -0.129. The number of rotatable bonds is 4. The Morgan fingerprint density at radius 2 is 2.00 bits per heavy atom. The molecule has 1 N–H and O–H groups in total. The van der Waals surface area contributed by atoms with E-state index in [0.717, 1.165) is 5.69 Å². The molecule has 2 rings (SSSR count). The van der Waals surface area contributed by atoms with Crippen molar-refractivity contribution in [3.8, 4) is 0 Å². The highest BCUT2D eigenvalue weighted by Crippen LogP contribution is 2.17. The Kier molecular flexibility index (Phi) is 3.89. The third-order valence-corrected chi connectivity index (χ3v) is 2.89. The van der Waals surface area contributed by atoms with Gasteiger partial charge in [0.05, 0.1) is 6.42 Å². The second kappa shape index (κ2) is 5.60. The summed E-state index contributed by atoms with van der Waals surface area (Å²) < 4.78 is 1.49. The van der Waals surface area contributed by atoms with Crippen LogP contribution in [0.3, 0.4) is 0 Å². The molecule has 100 valence electrons. The van der Waals surface area contributed by atoms with Gasteiger partial charge >= 0.3 is 0 Å². The first-order chi connectivity index (χ1) is 9.06. The number of nitrogens with zero attached hydrogens (tertiary/aromatic N) is 4. The van der Waals surface area contributed by atoms with Crippen LogP contribution in [0.5, 0.6) is 0 Å². The summed E-state index contributed by atoms with van der Waals surface area (Å²) in [5.41, 5.74) is 2.03. The number of tetrazole rings is 1. The maximum absolute atomic E-state index is 11.8. The largest absolute Gasteiger partial charge is 0.326 e. The SMILES string of the molecule is CC(C)c1ccc(NC(=O)Cc2nnnn2C)cc1. The molecule has 19 heavy (non-hydrogen) atoms. The fourth-order valence-electron chi connectivity index (χ4n) is 1.70. The van der Waals surface area contributed by atoms with E-state index >= 15 is 0 Å². The van der Waals surface area contributed by atoms with Crippen LogP contribution in [0.2, 0.25) is 0 Å². The van der Waals surface area contributed by atoms with E-state index in [-0.39, 0.29) is 12.3 Å². The number of aryl methyl sites for hydroxylation is 1. The van der Waals surface area contributed by atoms with E-state index in [1.165, 1.54) is 10.2 Å². The molecule has 0 fully saturated rings. The lowest BCUT2D eigenvalue weighted by Crippen LogP contribution is -2.17. The first-order valence-corrected chi connectivity index (χ1v) is 6.17. The Morgan fingerprint density at radius 3 is 2.53 bits per heavy atom. The van der Waals surface area contributed by atoms with Crippen LogP contribution in [0, 0.1) is 0 Å². The van der Waals surface area contributed by atoms with Gasteiger partial charge in [-0.05, 0) is 34.0 Å². The third-order valence-electron chi connectivity index (χ3n) is 2.89. The fraction of sp³-hybridized carbons (Fsp3) is 0.385. The van der Waals surface area contributed by atoms with E-state index in [9.17, 15) is 4.79 Å². The summed E-state index contributed by atoms with van der Waals surface area (Å²) in [5, 5.41) is 13.8. The molecule has 0 aliphatic heterocycles. The van der Waals surface area contributed by atoms with Crippen molar-refractivity contribution in [3.63, 3.8) is 0 Å². The summed E-state index contributed by atoms with van der Waals surface area (Å²) in [5.74, 6) is 0.890. The van der Waals surface area contributed by atoms with Crippen molar-refractivity contribution < 1.29 is 4.79 Å². The van der Waals surface area contributed by atoms with Crippen molar-refractivity contribution in [2.45, 2.75) is 26.2 Å². The first kappa shape index (κ1) is 13.2. The van der Waals surface area contributed by atoms with Crippen LogP contribution in [0.25, 0.3) is 0 Å². The topological polar surface area (TPSA) is 72.7 Å². The highest BCUT2D eigenvalue weighted by molar-refractivity contribution is 5.91. The van der Waals surface area contributed by atoms with Crippen molar-refractivity contribution in [1.82, 2.24) is 20.2 Å². The zero-order valence-electron chi connectivity index (χ0n) is 11.3. The number of carbonyl (C=O) groups is 1. The van der Waals surface area contributed by atoms with Gasteiger partial charge in [0.1, 0.15) is 0 Å². The van der Waals surface area contributed by atoms with Crippen molar-refractivity contribution in [3.05, 3.63) is 35.7 Å². The molecule has 6 nitrogen and oxygen atoms in total. The fourth-order valence-corrected chi connectivity index (χ4v) is 1.70. The van der Waals surface area contributed by atoms with Gasteiger partial charge in [0.2, 0.25) is 5.91 Å². The number of hydrogen-bond donors (Lipinski definition) is 1. The molecule has 0 atom stereocenters. The van der Waals surface area contributed by atoms with Crippen molar-refractivity contribution in [2.75, 3.05) is 5.32 Å².